The second-order valence-electron chi connectivity index (χ2n) is 6.54. The Morgan fingerprint density at radius 2 is 2.00 bits per heavy atom. The van der Waals surface area contributed by atoms with E-state index in [1.807, 2.05) is 12.1 Å². The van der Waals surface area contributed by atoms with E-state index in [-0.39, 0.29) is 5.91 Å². The van der Waals surface area contributed by atoms with Gasteiger partial charge in [0, 0.05) is 50.7 Å². The van der Waals surface area contributed by atoms with Crippen molar-refractivity contribution < 1.29 is 9.21 Å². The molecule has 0 bridgehead atoms. The third kappa shape index (κ3) is 4.24. The minimum Gasteiger partial charge on any atom is -0.463 e. The van der Waals surface area contributed by atoms with Gasteiger partial charge in [-0.25, -0.2) is 4.98 Å². The van der Waals surface area contributed by atoms with Crippen molar-refractivity contribution in [2.45, 2.75) is 6.54 Å². The van der Waals surface area contributed by atoms with Crippen LogP contribution in [0.1, 0.15) is 15.2 Å². The van der Waals surface area contributed by atoms with Gasteiger partial charge in [0.15, 0.2) is 10.9 Å². The molecule has 1 aliphatic rings. The highest BCUT2D eigenvalue weighted by Gasteiger charge is 2.21. The van der Waals surface area contributed by atoms with Crippen LogP contribution in [0, 0.1) is 0 Å². The lowest BCUT2D eigenvalue weighted by atomic mass is 10.2. The number of aromatic nitrogens is 2. The second-order valence-corrected chi connectivity index (χ2v) is 7.62. The van der Waals surface area contributed by atoms with Crippen molar-refractivity contribution in [2.75, 3.05) is 38.5 Å². The van der Waals surface area contributed by atoms with Crippen molar-refractivity contribution in [3.8, 4) is 11.5 Å². The van der Waals surface area contributed by atoms with Crippen LogP contribution >= 0.6 is 11.3 Å². The number of piperazine rings is 1. The van der Waals surface area contributed by atoms with Crippen molar-refractivity contribution >= 4 is 22.4 Å². The highest BCUT2D eigenvalue weighted by molar-refractivity contribution is 7.16. The highest BCUT2D eigenvalue weighted by atomic mass is 32.1. The van der Waals surface area contributed by atoms with Gasteiger partial charge in [-0.2, -0.15) is 0 Å². The Hall–Kier alpha value is -2.55. The van der Waals surface area contributed by atoms with Crippen molar-refractivity contribution in [3.63, 3.8) is 0 Å². The molecule has 0 unspecified atom stereocenters. The van der Waals surface area contributed by atoms with Gasteiger partial charge in [0.25, 0.3) is 5.91 Å². The largest absolute Gasteiger partial charge is 0.463 e. The summed E-state index contributed by atoms with van der Waals surface area (Å²) in [6.07, 6.45) is 4.84. The second kappa shape index (κ2) is 7.99. The molecule has 1 saturated heterocycles. The molecule has 8 heteroatoms. The summed E-state index contributed by atoms with van der Waals surface area (Å²) in [5, 5.41) is 3.47. The maximum Gasteiger partial charge on any atom is 0.257 e. The first-order chi connectivity index (χ1) is 13.2. The molecule has 3 aromatic heterocycles. The Kier molecular flexibility index (Phi) is 5.28. The fourth-order valence-electron chi connectivity index (χ4n) is 3.00. The van der Waals surface area contributed by atoms with Crippen LogP contribution in [0.15, 0.2) is 47.3 Å². The number of likely N-dealkylation sites (N-methyl/N-ethyl adjacent to an activating group) is 1. The molecule has 4 rings (SSSR count). The van der Waals surface area contributed by atoms with Gasteiger partial charge in [0.2, 0.25) is 0 Å². The number of amides is 1. The third-order valence-electron chi connectivity index (χ3n) is 4.58. The predicted octanol–water partition coefficient (Wildman–Crippen LogP) is 2.80. The zero-order valence-electron chi connectivity index (χ0n) is 15.1. The first-order valence-corrected chi connectivity index (χ1v) is 9.66. The van der Waals surface area contributed by atoms with E-state index >= 15 is 0 Å². The smallest absolute Gasteiger partial charge is 0.257 e. The number of pyridine rings is 1. The molecule has 0 saturated carbocycles. The van der Waals surface area contributed by atoms with E-state index < -0.39 is 0 Å². The van der Waals surface area contributed by atoms with Gasteiger partial charge in [-0.1, -0.05) is 11.3 Å². The lowest BCUT2D eigenvalue weighted by molar-refractivity contribution is 0.102. The lowest BCUT2D eigenvalue weighted by Crippen LogP contribution is -2.43. The molecule has 3 aromatic rings. The predicted molar refractivity (Wildman–Crippen MR) is 105 cm³/mol. The Morgan fingerprint density at radius 1 is 1.22 bits per heavy atom. The number of hydrogen-bond acceptors (Lipinski definition) is 7. The van der Waals surface area contributed by atoms with Crippen LogP contribution in [0.25, 0.3) is 11.5 Å². The Morgan fingerprint density at radius 3 is 2.70 bits per heavy atom. The van der Waals surface area contributed by atoms with Crippen molar-refractivity contribution in [1.82, 2.24) is 19.8 Å². The number of carbonyl (C=O) groups excluding carboxylic acids is 1. The molecule has 27 heavy (non-hydrogen) atoms. The summed E-state index contributed by atoms with van der Waals surface area (Å²) in [5.41, 5.74) is 1.36. The number of rotatable bonds is 5. The summed E-state index contributed by atoms with van der Waals surface area (Å²) in [6, 6.07) is 7.11. The molecule has 1 aliphatic heterocycles. The van der Waals surface area contributed by atoms with E-state index in [1.54, 1.807) is 30.8 Å². The van der Waals surface area contributed by atoms with E-state index in [0.717, 1.165) is 49.1 Å². The normalized spacial score (nSPS) is 15.7. The first kappa shape index (κ1) is 17.8. The van der Waals surface area contributed by atoms with Crippen molar-refractivity contribution in [3.05, 3.63) is 53.4 Å². The number of anilines is 1. The molecule has 4 heterocycles. The van der Waals surface area contributed by atoms with Crippen LogP contribution in [0.3, 0.4) is 0 Å². The Bertz CT molecular complexity index is 886. The summed E-state index contributed by atoms with van der Waals surface area (Å²) >= 11 is 1.50. The minimum atomic E-state index is -0.191. The van der Waals surface area contributed by atoms with Crippen LogP contribution in [-0.4, -0.2) is 58.9 Å². The average molecular weight is 383 g/mol. The molecule has 0 spiro atoms. The Labute approximate surface area is 161 Å². The highest BCUT2D eigenvalue weighted by Crippen LogP contribution is 2.33. The molecular weight excluding hydrogens is 362 g/mol. The van der Waals surface area contributed by atoms with Gasteiger partial charge in [-0.05, 0) is 31.3 Å². The number of furan rings is 1. The lowest BCUT2D eigenvalue weighted by Gasteiger charge is -2.32. The molecule has 0 atom stereocenters. The summed E-state index contributed by atoms with van der Waals surface area (Å²) in [5.74, 6) is 0.531. The number of nitrogens with one attached hydrogen (secondary N) is 1. The number of thiazole rings is 1. The number of nitrogens with zero attached hydrogens (tertiary/aromatic N) is 4. The maximum atomic E-state index is 12.4. The van der Waals surface area contributed by atoms with Crippen molar-refractivity contribution in [2.24, 2.45) is 0 Å². The summed E-state index contributed by atoms with van der Waals surface area (Å²) < 4.78 is 5.57. The molecule has 0 radical (unpaired) electrons. The van der Waals surface area contributed by atoms with E-state index in [1.165, 1.54) is 11.3 Å². The van der Waals surface area contributed by atoms with E-state index in [2.05, 4.69) is 32.1 Å². The van der Waals surface area contributed by atoms with E-state index in [9.17, 15) is 4.79 Å². The first-order valence-electron chi connectivity index (χ1n) is 8.85. The van der Waals surface area contributed by atoms with Gasteiger partial charge in [0.05, 0.1) is 11.1 Å². The third-order valence-corrected chi connectivity index (χ3v) is 5.53. The molecule has 1 fully saturated rings. The summed E-state index contributed by atoms with van der Waals surface area (Å²) in [4.78, 5) is 26.9. The quantitative estimate of drug-likeness (QED) is 0.730. The van der Waals surface area contributed by atoms with Crippen LogP contribution < -0.4 is 5.32 Å². The van der Waals surface area contributed by atoms with E-state index in [0.29, 0.717) is 10.7 Å². The maximum absolute atomic E-state index is 12.4. The molecule has 0 aromatic carbocycles. The fraction of sp³-hybridized carbons (Fsp3) is 0.316. The molecule has 1 N–H and O–H groups in total. The summed E-state index contributed by atoms with van der Waals surface area (Å²) in [7, 11) is 2.14. The molecule has 1 amide bonds. The van der Waals surface area contributed by atoms with Gasteiger partial charge < -0.3 is 9.32 Å². The minimum absolute atomic E-state index is 0.191. The van der Waals surface area contributed by atoms with E-state index in [4.69, 9.17) is 4.42 Å². The molecule has 0 aliphatic carbocycles. The van der Waals surface area contributed by atoms with Gasteiger partial charge in [-0.15, -0.1) is 0 Å². The van der Waals surface area contributed by atoms with Crippen molar-refractivity contribution in [1.29, 1.82) is 0 Å². The summed E-state index contributed by atoms with van der Waals surface area (Å²) in [6.45, 7) is 4.95. The van der Waals surface area contributed by atoms with Gasteiger partial charge in [-0.3, -0.25) is 20.0 Å². The van der Waals surface area contributed by atoms with Crippen LogP contribution in [0.2, 0.25) is 0 Å². The zero-order valence-corrected chi connectivity index (χ0v) is 15.9. The number of carbonyl (C=O) groups is 1. The molecule has 7 nitrogen and oxygen atoms in total. The topological polar surface area (TPSA) is 74.5 Å². The standard InChI is InChI=1S/C19H21N5O2S/c1-23-8-10-24(11-9-23)13-16-17(15-3-2-12-26-15)21-19(27-16)22-18(25)14-4-6-20-7-5-14/h2-7,12H,8-11,13H2,1H3,(H,21,22,25). The average Bonchev–Trinajstić information content (AvgIpc) is 3.34. The zero-order chi connectivity index (χ0) is 18.6. The van der Waals surface area contributed by atoms with Crippen LogP contribution in [-0.2, 0) is 6.54 Å². The monoisotopic (exact) mass is 383 g/mol. The SMILES string of the molecule is CN1CCN(Cc2sc(NC(=O)c3ccncc3)nc2-c2ccco2)CC1. The number of hydrogen-bond donors (Lipinski definition) is 1. The van der Waals surface area contributed by atoms with Gasteiger partial charge >= 0.3 is 0 Å². The molecular formula is C19H21N5O2S. The molecule has 140 valence electrons. The van der Waals surface area contributed by atoms with Crippen LogP contribution in [0.5, 0.6) is 0 Å². The van der Waals surface area contributed by atoms with Gasteiger partial charge in [0.1, 0.15) is 5.69 Å². The Balaban J connectivity index is 1.55. The fourth-order valence-corrected chi connectivity index (χ4v) is 4.00. The van der Waals surface area contributed by atoms with Crippen LogP contribution in [0.4, 0.5) is 5.13 Å².